The van der Waals surface area contributed by atoms with Crippen LogP contribution in [0.5, 0.6) is 0 Å². The zero-order valence-corrected chi connectivity index (χ0v) is 21.6. The van der Waals surface area contributed by atoms with Gasteiger partial charge in [-0.25, -0.2) is 0 Å². The second-order valence-electron chi connectivity index (χ2n) is 10.1. The summed E-state index contributed by atoms with van der Waals surface area (Å²) in [4.78, 5) is 26.6. The zero-order chi connectivity index (χ0) is 25.2. The molecule has 8 heteroatoms. The second-order valence-corrected chi connectivity index (χ2v) is 11.4. The quantitative estimate of drug-likeness (QED) is 0.515. The summed E-state index contributed by atoms with van der Waals surface area (Å²) >= 11 is 1.38. The Bertz CT molecular complexity index is 1180. The van der Waals surface area contributed by atoms with E-state index in [4.69, 9.17) is 5.73 Å². The van der Waals surface area contributed by atoms with E-state index in [1.807, 2.05) is 41.8 Å². The molecule has 0 radical (unpaired) electrons. The third-order valence-corrected chi connectivity index (χ3v) is 7.45. The zero-order valence-electron chi connectivity index (χ0n) is 20.8. The molecule has 2 atom stereocenters. The standard InChI is InChI=1S/C27H33N5O2S/c1-18(25(34)31-16-8-9-20(17-31)23(28)33)35-26-30-29-24(32(26)22-10-6-5-7-11-22)19-12-14-21(15-13-19)27(2,3)4/h5-7,10-15,18,20H,8-9,16-17H2,1-4H3,(H2,28,33). The molecule has 0 spiro atoms. The van der Waals surface area contributed by atoms with Gasteiger partial charge in [0.15, 0.2) is 11.0 Å². The maximum absolute atomic E-state index is 13.2. The van der Waals surface area contributed by atoms with Crippen molar-refractivity contribution in [1.82, 2.24) is 19.7 Å². The molecule has 0 aliphatic carbocycles. The highest BCUT2D eigenvalue weighted by atomic mass is 32.2. The number of nitrogens with zero attached hydrogens (tertiary/aromatic N) is 4. The Balaban J connectivity index is 1.62. The molecule has 1 aliphatic heterocycles. The van der Waals surface area contributed by atoms with E-state index in [0.717, 1.165) is 29.9 Å². The predicted molar refractivity (Wildman–Crippen MR) is 139 cm³/mol. The molecule has 0 bridgehead atoms. The number of amides is 2. The summed E-state index contributed by atoms with van der Waals surface area (Å²) < 4.78 is 2.00. The number of likely N-dealkylation sites (tertiary alicyclic amines) is 1. The fourth-order valence-corrected chi connectivity index (χ4v) is 5.29. The minimum Gasteiger partial charge on any atom is -0.369 e. The van der Waals surface area contributed by atoms with Crippen molar-refractivity contribution >= 4 is 23.6 Å². The summed E-state index contributed by atoms with van der Waals surface area (Å²) in [5, 5.41) is 9.27. The van der Waals surface area contributed by atoms with Gasteiger partial charge < -0.3 is 10.6 Å². The van der Waals surface area contributed by atoms with Gasteiger partial charge in [-0.2, -0.15) is 0 Å². The number of primary amides is 1. The van der Waals surface area contributed by atoms with Crippen molar-refractivity contribution in [2.24, 2.45) is 11.7 Å². The van der Waals surface area contributed by atoms with E-state index in [0.29, 0.717) is 18.2 Å². The first kappa shape index (κ1) is 25.0. The number of para-hydroxylation sites is 1. The maximum atomic E-state index is 13.2. The molecule has 2 amide bonds. The number of thioether (sulfide) groups is 1. The highest BCUT2D eigenvalue weighted by molar-refractivity contribution is 8.00. The SMILES string of the molecule is CC(Sc1nnc(-c2ccc(C(C)(C)C)cc2)n1-c1ccccc1)C(=O)N1CCCC(C(N)=O)C1. The number of aromatic nitrogens is 3. The number of rotatable bonds is 6. The van der Waals surface area contributed by atoms with Crippen LogP contribution in [0, 0.1) is 5.92 Å². The summed E-state index contributed by atoms with van der Waals surface area (Å²) in [6.07, 6.45) is 1.52. The van der Waals surface area contributed by atoms with Gasteiger partial charge in [0.1, 0.15) is 0 Å². The van der Waals surface area contributed by atoms with Gasteiger partial charge in [0.2, 0.25) is 11.8 Å². The van der Waals surface area contributed by atoms with Crippen LogP contribution in [0.2, 0.25) is 0 Å². The molecular formula is C27H33N5O2S. The third-order valence-electron chi connectivity index (χ3n) is 6.42. The number of nitrogens with two attached hydrogens (primary N) is 1. The van der Waals surface area contributed by atoms with Crippen LogP contribution >= 0.6 is 11.8 Å². The first-order valence-corrected chi connectivity index (χ1v) is 12.9. The second kappa shape index (κ2) is 10.2. The lowest BCUT2D eigenvalue weighted by Gasteiger charge is -2.32. The van der Waals surface area contributed by atoms with E-state index in [-0.39, 0.29) is 28.4 Å². The van der Waals surface area contributed by atoms with Crippen LogP contribution < -0.4 is 5.73 Å². The molecule has 2 heterocycles. The molecule has 1 fully saturated rings. The minimum absolute atomic E-state index is 0.0142. The first-order chi connectivity index (χ1) is 16.6. The molecule has 7 nitrogen and oxygen atoms in total. The van der Waals surface area contributed by atoms with Gasteiger partial charge in [-0.1, -0.05) is 75.0 Å². The van der Waals surface area contributed by atoms with Crippen LogP contribution in [0.3, 0.4) is 0 Å². The van der Waals surface area contributed by atoms with E-state index in [1.165, 1.54) is 17.3 Å². The van der Waals surface area contributed by atoms with Crippen LogP contribution in [-0.2, 0) is 15.0 Å². The van der Waals surface area contributed by atoms with Crippen LogP contribution in [0.15, 0.2) is 59.8 Å². The number of piperidine rings is 1. The minimum atomic E-state index is -0.385. The van der Waals surface area contributed by atoms with Gasteiger partial charge >= 0.3 is 0 Å². The lowest BCUT2D eigenvalue weighted by Crippen LogP contribution is -2.46. The van der Waals surface area contributed by atoms with Gasteiger partial charge in [-0.15, -0.1) is 10.2 Å². The van der Waals surface area contributed by atoms with E-state index >= 15 is 0 Å². The highest BCUT2D eigenvalue weighted by Gasteiger charge is 2.31. The van der Waals surface area contributed by atoms with Crippen LogP contribution in [0.25, 0.3) is 17.1 Å². The first-order valence-electron chi connectivity index (χ1n) is 12.0. The van der Waals surface area contributed by atoms with Crippen LogP contribution in [0.1, 0.15) is 46.1 Å². The fraction of sp³-hybridized carbons (Fsp3) is 0.407. The largest absolute Gasteiger partial charge is 0.369 e. The van der Waals surface area contributed by atoms with E-state index < -0.39 is 0 Å². The van der Waals surface area contributed by atoms with E-state index in [1.54, 1.807) is 4.90 Å². The van der Waals surface area contributed by atoms with Crippen molar-refractivity contribution in [3.8, 4) is 17.1 Å². The monoisotopic (exact) mass is 491 g/mol. The van der Waals surface area contributed by atoms with Crippen molar-refractivity contribution < 1.29 is 9.59 Å². The summed E-state index contributed by atoms with van der Waals surface area (Å²) in [7, 11) is 0. The Hall–Kier alpha value is -3.13. The molecule has 0 saturated carbocycles. The summed E-state index contributed by atoms with van der Waals surface area (Å²) in [6.45, 7) is 9.48. The number of hydrogen-bond donors (Lipinski definition) is 1. The Kier molecular flexibility index (Phi) is 7.31. The van der Waals surface area contributed by atoms with Crippen LogP contribution in [-0.4, -0.2) is 49.8 Å². The fourth-order valence-electron chi connectivity index (χ4n) is 4.34. The van der Waals surface area contributed by atoms with Crippen molar-refractivity contribution in [2.75, 3.05) is 13.1 Å². The van der Waals surface area contributed by atoms with Crippen molar-refractivity contribution in [3.05, 3.63) is 60.2 Å². The molecule has 1 aliphatic rings. The molecule has 4 rings (SSSR count). The lowest BCUT2D eigenvalue weighted by atomic mass is 9.87. The molecule has 35 heavy (non-hydrogen) atoms. The highest BCUT2D eigenvalue weighted by Crippen LogP contribution is 2.32. The number of carbonyl (C=O) groups excluding carboxylic acids is 2. The molecule has 184 valence electrons. The van der Waals surface area contributed by atoms with Gasteiger partial charge in [0, 0.05) is 24.3 Å². The van der Waals surface area contributed by atoms with Crippen molar-refractivity contribution in [1.29, 1.82) is 0 Å². The normalized spacial score (nSPS) is 17.3. The molecule has 1 aromatic heterocycles. The molecule has 1 saturated heterocycles. The average Bonchev–Trinajstić information content (AvgIpc) is 3.27. The van der Waals surface area contributed by atoms with Crippen LogP contribution in [0.4, 0.5) is 0 Å². The van der Waals surface area contributed by atoms with Crippen molar-refractivity contribution in [2.45, 2.75) is 56.4 Å². The lowest BCUT2D eigenvalue weighted by molar-refractivity contribution is -0.134. The Labute approximate surface area is 211 Å². The molecule has 3 aromatic rings. The number of benzene rings is 2. The molecular weight excluding hydrogens is 458 g/mol. The van der Waals surface area contributed by atoms with Crippen molar-refractivity contribution in [3.63, 3.8) is 0 Å². The summed E-state index contributed by atoms with van der Waals surface area (Å²) in [5.41, 5.74) is 8.70. The number of hydrogen-bond acceptors (Lipinski definition) is 5. The average molecular weight is 492 g/mol. The summed E-state index contributed by atoms with van der Waals surface area (Å²) in [6, 6.07) is 18.3. The van der Waals surface area contributed by atoms with Gasteiger partial charge in [-0.3, -0.25) is 14.2 Å². The maximum Gasteiger partial charge on any atom is 0.235 e. The smallest absolute Gasteiger partial charge is 0.235 e. The Morgan fingerprint density at radius 2 is 1.74 bits per heavy atom. The predicted octanol–water partition coefficient (Wildman–Crippen LogP) is 4.44. The Morgan fingerprint density at radius 3 is 2.37 bits per heavy atom. The number of carbonyl (C=O) groups is 2. The van der Waals surface area contributed by atoms with E-state index in [9.17, 15) is 9.59 Å². The molecule has 2 N–H and O–H groups in total. The topological polar surface area (TPSA) is 94.1 Å². The summed E-state index contributed by atoms with van der Waals surface area (Å²) in [5.74, 6) is 0.0968. The van der Waals surface area contributed by atoms with Gasteiger partial charge in [0.25, 0.3) is 0 Å². The Morgan fingerprint density at radius 1 is 1.06 bits per heavy atom. The van der Waals surface area contributed by atoms with Gasteiger partial charge in [-0.05, 0) is 42.9 Å². The molecule has 2 unspecified atom stereocenters. The molecule has 2 aromatic carbocycles. The third kappa shape index (κ3) is 5.59. The van der Waals surface area contributed by atoms with Gasteiger partial charge in [0.05, 0.1) is 11.2 Å². The van der Waals surface area contributed by atoms with E-state index in [2.05, 4.69) is 55.2 Å².